The maximum Gasteiger partial charge on any atom is 0.0954 e. The molecule has 2 saturated carbocycles. The summed E-state index contributed by atoms with van der Waals surface area (Å²) in [6, 6.07) is 1.13. The second-order valence-corrected chi connectivity index (χ2v) is 6.43. The first-order chi connectivity index (χ1) is 9.13. The molecule has 106 valence electrons. The zero-order valence-electron chi connectivity index (χ0n) is 12.0. The lowest BCUT2D eigenvalue weighted by atomic mass is 9.79. The Balaban J connectivity index is 1.77. The van der Waals surface area contributed by atoms with Gasteiger partial charge < -0.3 is 15.0 Å². The highest BCUT2D eigenvalue weighted by Gasteiger charge is 2.40. The van der Waals surface area contributed by atoms with E-state index in [1.165, 1.54) is 31.4 Å². The van der Waals surface area contributed by atoms with Gasteiger partial charge in [0.1, 0.15) is 0 Å². The van der Waals surface area contributed by atoms with Crippen molar-refractivity contribution in [2.24, 2.45) is 0 Å². The summed E-state index contributed by atoms with van der Waals surface area (Å²) in [7, 11) is 0. The number of nitrogens with zero attached hydrogens (tertiary/aromatic N) is 2. The molecule has 19 heavy (non-hydrogen) atoms. The quantitative estimate of drug-likeness (QED) is 0.874. The fraction of sp³-hybridized carbons (Fsp3) is 0.800. The van der Waals surface area contributed by atoms with E-state index in [0.717, 1.165) is 18.5 Å². The third-order valence-electron chi connectivity index (χ3n) is 4.89. The SMILES string of the molecule is Cc1ncn(C2CCCC(CO)(NC3CC3)C2)c1C. The average Bonchev–Trinajstić information content (AvgIpc) is 3.16. The third kappa shape index (κ3) is 2.56. The Morgan fingerprint density at radius 1 is 1.42 bits per heavy atom. The molecule has 0 bridgehead atoms. The molecule has 2 N–H and O–H groups in total. The summed E-state index contributed by atoms with van der Waals surface area (Å²) in [5.74, 6) is 0. The molecule has 0 aromatic carbocycles. The fourth-order valence-corrected chi connectivity index (χ4v) is 3.43. The molecule has 1 heterocycles. The van der Waals surface area contributed by atoms with Gasteiger partial charge in [-0.2, -0.15) is 0 Å². The van der Waals surface area contributed by atoms with E-state index in [0.29, 0.717) is 12.1 Å². The van der Waals surface area contributed by atoms with E-state index in [1.54, 1.807) is 0 Å². The zero-order chi connectivity index (χ0) is 13.5. The summed E-state index contributed by atoms with van der Waals surface area (Å²) >= 11 is 0. The fourth-order valence-electron chi connectivity index (χ4n) is 3.43. The lowest BCUT2D eigenvalue weighted by Gasteiger charge is -2.41. The molecular formula is C15H25N3O. The lowest BCUT2D eigenvalue weighted by molar-refractivity contribution is 0.0954. The van der Waals surface area contributed by atoms with Gasteiger partial charge in [0.25, 0.3) is 0 Å². The van der Waals surface area contributed by atoms with Crippen LogP contribution in [0, 0.1) is 13.8 Å². The van der Waals surface area contributed by atoms with Crippen LogP contribution in [0.4, 0.5) is 0 Å². The van der Waals surface area contributed by atoms with Crippen LogP contribution in [0.15, 0.2) is 6.33 Å². The topological polar surface area (TPSA) is 50.1 Å². The number of aryl methyl sites for hydroxylation is 1. The van der Waals surface area contributed by atoms with Gasteiger partial charge in [-0.1, -0.05) is 0 Å². The van der Waals surface area contributed by atoms with Crippen LogP contribution in [0.5, 0.6) is 0 Å². The second kappa shape index (κ2) is 4.91. The first kappa shape index (κ1) is 13.1. The van der Waals surface area contributed by atoms with E-state index in [2.05, 4.69) is 28.7 Å². The molecule has 2 atom stereocenters. The standard InChI is InChI=1S/C15H25N3O/c1-11-12(2)18(10-16-11)14-4-3-7-15(8-14,9-19)17-13-5-6-13/h10,13-14,17,19H,3-9H2,1-2H3. The van der Waals surface area contributed by atoms with Crippen molar-refractivity contribution in [1.29, 1.82) is 0 Å². The molecule has 0 radical (unpaired) electrons. The van der Waals surface area contributed by atoms with Gasteiger partial charge in [0.15, 0.2) is 0 Å². The molecule has 0 amide bonds. The van der Waals surface area contributed by atoms with Gasteiger partial charge in [0.05, 0.1) is 18.6 Å². The Morgan fingerprint density at radius 2 is 2.21 bits per heavy atom. The molecule has 2 aliphatic carbocycles. The molecule has 2 fully saturated rings. The molecule has 2 unspecified atom stereocenters. The van der Waals surface area contributed by atoms with Gasteiger partial charge in [-0.25, -0.2) is 4.98 Å². The number of rotatable bonds is 4. The molecule has 1 aromatic rings. The molecule has 0 aliphatic heterocycles. The molecular weight excluding hydrogens is 238 g/mol. The van der Waals surface area contributed by atoms with Crippen molar-refractivity contribution >= 4 is 0 Å². The summed E-state index contributed by atoms with van der Waals surface area (Å²) in [5.41, 5.74) is 2.33. The van der Waals surface area contributed by atoms with Crippen LogP contribution in [-0.4, -0.2) is 32.8 Å². The van der Waals surface area contributed by atoms with E-state index >= 15 is 0 Å². The van der Waals surface area contributed by atoms with E-state index in [-0.39, 0.29) is 12.1 Å². The number of hydrogen-bond acceptors (Lipinski definition) is 3. The summed E-state index contributed by atoms with van der Waals surface area (Å²) in [5, 5.41) is 13.6. The van der Waals surface area contributed by atoms with E-state index < -0.39 is 0 Å². The van der Waals surface area contributed by atoms with Crippen molar-refractivity contribution in [2.75, 3.05) is 6.61 Å². The monoisotopic (exact) mass is 263 g/mol. The molecule has 4 nitrogen and oxygen atoms in total. The highest BCUT2D eigenvalue weighted by molar-refractivity contribution is 5.11. The highest BCUT2D eigenvalue weighted by atomic mass is 16.3. The van der Waals surface area contributed by atoms with Gasteiger partial charge in [-0.15, -0.1) is 0 Å². The minimum absolute atomic E-state index is 0.0608. The van der Waals surface area contributed by atoms with Crippen LogP contribution >= 0.6 is 0 Å². The molecule has 3 rings (SSSR count). The molecule has 2 aliphatic rings. The van der Waals surface area contributed by atoms with Gasteiger partial charge in [-0.05, 0) is 52.4 Å². The number of aromatic nitrogens is 2. The first-order valence-electron chi connectivity index (χ1n) is 7.52. The number of imidazole rings is 1. The van der Waals surface area contributed by atoms with E-state index in [4.69, 9.17) is 0 Å². The summed E-state index contributed by atoms with van der Waals surface area (Å²) in [6.45, 7) is 4.47. The minimum Gasteiger partial charge on any atom is -0.394 e. The van der Waals surface area contributed by atoms with Crippen molar-refractivity contribution in [2.45, 2.75) is 70.0 Å². The minimum atomic E-state index is -0.0608. The maximum atomic E-state index is 9.87. The summed E-state index contributed by atoms with van der Waals surface area (Å²) < 4.78 is 2.31. The highest BCUT2D eigenvalue weighted by Crippen LogP contribution is 2.38. The summed E-state index contributed by atoms with van der Waals surface area (Å²) in [4.78, 5) is 4.42. The van der Waals surface area contributed by atoms with E-state index in [1.807, 2.05) is 6.33 Å². The summed E-state index contributed by atoms with van der Waals surface area (Å²) in [6.07, 6.45) is 9.03. The predicted molar refractivity (Wildman–Crippen MR) is 75.2 cm³/mol. The van der Waals surface area contributed by atoms with Gasteiger partial charge in [-0.3, -0.25) is 0 Å². The van der Waals surface area contributed by atoms with Gasteiger partial charge in [0.2, 0.25) is 0 Å². The molecule has 1 aromatic heterocycles. The Kier molecular flexibility index (Phi) is 3.39. The predicted octanol–water partition coefficient (Wildman–Crippen LogP) is 2.10. The lowest BCUT2D eigenvalue weighted by Crippen LogP contribution is -2.52. The van der Waals surface area contributed by atoms with Gasteiger partial charge in [0, 0.05) is 23.3 Å². The van der Waals surface area contributed by atoms with Crippen molar-refractivity contribution in [1.82, 2.24) is 14.9 Å². The van der Waals surface area contributed by atoms with Crippen molar-refractivity contribution in [3.05, 3.63) is 17.7 Å². The van der Waals surface area contributed by atoms with Crippen molar-refractivity contribution < 1.29 is 5.11 Å². The Bertz CT molecular complexity index is 452. The number of nitrogens with one attached hydrogen (secondary N) is 1. The Hall–Kier alpha value is -0.870. The molecule has 0 saturated heterocycles. The number of aliphatic hydroxyl groups is 1. The van der Waals surface area contributed by atoms with Crippen molar-refractivity contribution in [3.63, 3.8) is 0 Å². The van der Waals surface area contributed by atoms with Crippen LogP contribution in [0.3, 0.4) is 0 Å². The van der Waals surface area contributed by atoms with Crippen LogP contribution < -0.4 is 5.32 Å². The van der Waals surface area contributed by atoms with Gasteiger partial charge >= 0.3 is 0 Å². The number of aliphatic hydroxyl groups excluding tert-OH is 1. The van der Waals surface area contributed by atoms with E-state index in [9.17, 15) is 5.11 Å². The van der Waals surface area contributed by atoms with Crippen molar-refractivity contribution in [3.8, 4) is 0 Å². The first-order valence-corrected chi connectivity index (χ1v) is 7.52. The van der Waals surface area contributed by atoms with Crippen LogP contribution in [0.25, 0.3) is 0 Å². The van der Waals surface area contributed by atoms with Crippen LogP contribution in [0.2, 0.25) is 0 Å². The maximum absolute atomic E-state index is 9.87. The second-order valence-electron chi connectivity index (χ2n) is 6.43. The van der Waals surface area contributed by atoms with Crippen LogP contribution in [-0.2, 0) is 0 Å². The largest absolute Gasteiger partial charge is 0.394 e. The number of hydrogen-bond donors (Lipinski definition) is 2. The zero-order valence-corrected chi connectivity index (χ0v) is 12.0. The molecule has 4 heteroatoms. The Labute approximate surface area is 115 Å². The third-order valence-corrected chi connectivity index (χ3v) is 4.89. The Morgan fingerprint density at radius 3 is 2.79 bits per heavy atom. The molecule has 0 spiro atoms. The van der Waals surface area contributed by atoms with Crippen LogP contribution in [0.1, 0.15) is 56.0 Å². The smallest absolute Gasteiger partial charge is 0.0954 e. The average molecular weight is 263 g/mol. The normalized spacial score (nSPS) is 31.6.